The van der Waals surface area contributed by atoms with Gasteiger partial charge >= 0.3 is 0 Å². The van der Waals surface area contributed by atoms with E-state index in [2.05, 4.69) is 27.5 Å². The molecule has 0 heterocycles. The summed E-state index contributed by atoms with van der Waals surface area (Å²) in [5, 5.41) is 4.86. The zero-order valence-electron chi connectivity index (χ0n) is 9.04. The number of rotatable bonds is 2. The summed E-state index contributed by atoms with van der Waals surface area (Å²) in [7, 11) is 0. The lowest BCUT2D eigenvalue weighted by atomic mass is 10.2. The SMILES string of the molecule is CC#CN=C(N)N/N=C/c1c(Cl)cccc1Cl. The van der Waals surface area contributed by atoms with Crippen molar-refractivity contribution in [2.75, 3.05) is 0 Å². The maximum absolute atomic E-state index is 5.94. The number of halogens is 2. The molecule has 0 aliphatic carbocycles. The van der Waals surface area contributed by atoms with Gasteiger partial charge in [-0.05, 0) is 19.1 Å². The Morgan fingerprint density at radius 2 is 2.06 bits per heavy atom. The number of nitrogens with one attached hydrogen (secondary N) is 1. The molecule has 0 aliphatic heterocycles. The van der Waals surface area contributed by atoms with Crippen molar-refractivity contribution >= 4 is 35.4 Å². The normalized spacial score (nSPS) is 11.1. The molecule has 1 aromatic rings. The van der Waals surface area contributed by atoms with Crippen LogP contribution in [0, 0.1) is 12.0 Å². The van der Waals surface area contributed by atoms with Crippen molar-refractivity contribution in [1.82, 2.24) is 5.43 Å². The Bertz CT molecular complexity index is 492. The van der Waals surface area contributed by atoms with E-state index in [1.165, 1.54) is 6.21 Å². The van der Waals surface area contributed by atoms with Crippen molar-refractivity contribution < 1.29 is 0 Å². The Morgan fingerprint density at radius 1 is 1.41 bits per heavy atom. The number of hydrazone groups is 1. The Morgan fingerprint density at radius 3 is 2.65 bits per heavy atom. The zero-order chi connectivity index (χ0) is 12.7. The fourth-order valence-corrected chi connectivity index (χ4v) is 1.43. The topological polar surface area (TPSA) is 62.8 Å². The molecule has 1 rings (SSSR count). The van der Waals surface area contributed by atoms with Crippen molar-refractivity contribution in [3.8, 4) is 12.0 Å². The highest BCUT2D eigenvalue weighted by molar-refractivity contribution is 6.38. The van der Waals surface area contributed by atoms with Crippen LogP contribution in [0.5, 0.6) is 0 Å². The van der Waals surface area contributed by atoms with Crippen LogP contribution in [-0.4, -0.2) is 12.2 Å². The summed E-state index contributed by atoms with van der Waals surface area (Å²) in [6, 6.07) is 7.63. The monoisotopic (exact) mass is 268 g/mol. The summed E-state index contributed by atoms with van der Waals surface area (Å²) in [5.41, 5.74) is 8.56. The molecule has 6 heteroatoms. The lowest BCUT2D eigenvalue weighted by molar-refractivity contribution is 1.02. The number of hydrogen-bond donors (Lipinski definition) is 2. The molecule has 4 nitrogen and oxygen atoms in total. The van der Waals surface area contributed by atoms with Crippen LogP contribution in [0.2, 0.25) is 10.0 Å². The number of aliphatic imine (C=N–C) groups is 1. The van der Waals surface area contributed by atoms with Crippen LogP contribution >= 0.6 is 23.2 Å². The fraction of sp³-hybridized carbons (Fsp3) is 0.0909. The number of hydrogen-bond acceptors (Lipinski definition) is 2. The molecule has 0 bridgehead atoms. The van der Waals surface area contributed by atoms with E-state index in [4.69, 9.17) is 28.9 Å². The summed E-state index contributed by atoms with van der Waals surface area (Å²) < 4.78 is 0. The van der Waals surface area contributed by atoms with Crippen LogP contribution in [0.3, 0.4) is 0 Å². The molecule has 0 fully saturated rings. The molecule has 0 unspecified atom stereocenters. The van der Waals surface area contributed by atoms with E-state index < -0.39 is 0 Å². The van der Waals surface area contributed by atoms with Crippen molar-refractivity contribution in [3.05, 3.63) is 33.8 Å². The number of nitrogens with two attached hydrogens (primary N) is 1. The molecule has 0 saturated carbocycles. The highest BCUT2D eigenvalue weighted by atomic mass is 35.5. The van der Waals surface area contributed by atoms with E-state index >= 15 is 0 Å². The van der Waals surface area contributed by atoms with Gasteiger partial charge in [-0.15, -0.1) is 0 Å². The van der Waals surface area contributed by atoms with E-state index in [-0.39, 0.29) is 5.96 Å². The third-order valence-electron chi connectivity index (χ3n) is 1.66. The van der Waals surface area contributed by atoms with Crippen LogP contribution < -0.4 is 11.2 Å². The second-order valence-corrected chi connectivity index (χ2v) is 3.68. The smallest absolute Gasteiger partial charge is 0.223 e. The first-order valence-electron chi connectivity index (χ1n) is 4.63. The molecule has 3 N–H and O–H groups in total. The maximum Gasteiger partial charge on any atom is 0.223 e. The van der Waals surface area contributed by atoms with Crippen LogP contribution in [0.15, 0.2) is 28.3 Å². The quantitative estimate of drug-likeness (QED) is 0.374. The third-order valence-corrected chi connectivity index (χ3v) is 2.32. The molecular weight excluding hydrogens is 259 g/mol. The van der Waals surface area contributed by atoms with Gasteiger partial charge < -0.3 is 5.73 Å². The molecular formula is C11H10Cl2N4. The Hall–Kier alpha value is -1.70. The molecule has 1 aromatic carbocycles. The zero-order valence-corrected chi connectivity index (χ0v) is 10.5. The predicted octanol–water partition coefficient (Wildman–Crippen LogP) is 2.21. The summed E-state index contributed by atoms with van der Waals surface area (Å²) in [6.45, 7) is 1.66. The van der Waals surface area contributed by atoms with Crippen LogP contribution in [0.25, 0.3) is 0 Å². The van der Waals surface area contributed by atoms with E-state index in [9.17, 15) is 0 Å². The van der Waals surface area contributed by atoms with E-state index in [1.807, 2.05) is 0 Å². The van der Waals surface area contributed by atoms with Crippen LogP contribution in [-0.2, 0) is 0 Å². The Kier molecular flexibility index (Phi) is 5.34. The van der Waals surface area contributed by atoms with E-state index in [1.54, 1.807) is 25.1 Å². The molecule has 17 heavy (non-hydrogen) atoms. The van der Waals surface area contributed by atoms with Gasteiger partial charge in [-0.25, -0.2) is 5.43 Å². The number of benzene rings is 1. The third kappa shape index (κ3) is 4.35. The van der Waals surface area contributed by atoms with Gasteiger partial charge in [0.25, 0.3) is 0 Å². The van der Waals surface area contributed by atoms with Crippen LogP contribution in [0.1, 0.15) is 12.5 Å². The molecule has 0 amide bonds. The molecule has 0 spiro atoms. The standard InChI is InChI=1S/C11H10Cl2N4/c1-2-6-15-11(14)17-16-7-8-9(12)4-3-5-10(8)13/h3-5,7H,1H3,(H3,14,15,17)/b16-7+. The Labute approximate surface area is 110 Å². The van der Waals surface area contributed by atoms with E-state index in [0.717, 1.165) is 0 Å². The van der Waals surface area contributed by atoms with Crippen molar-refractivity contribution in [3.63, 3.8) is 0 Å². The average molecular weight is 269 g/mol. The second-order valence-electron chi connectivity index (χ2n) is 2.86. The summed E-state index contributed by atoms with van der Waals surface area (Å²) in [6.07, 6.45) is 1.46. The van der Waals surface area contributed by atoms with Gasteiger partial charge in [0, 0.05) is 11.6 Å². The maximum atomic E-state index is 5.94. The van der Waals surface area contributed by atoms with Crippen molar-refractivity contribution in [1.29, 1.82) is 0 Å². The van der Waals surface area contributed by atoms with Crippen molar-refractivity contribution in [2.45, 2.75) is 6.92 Å². The molecule has 0 radical (unpaired) electrons. The lowest BCUT2D eigenvalue weighted by Gasteiger charge is -2.00. The first kappa shape index (κ1) is 13.4. The Balaban J connectivity index is 2.74. The van der Waals surface area contributed by atoms with Gasteiger partial charge in [0.15, 0.2) is 0 Å². The summed E-state index contributed by atoms with van der Waals surface area (Å²) >= 11 is 11.9. The molecule has 0 atom stereocenters. The fourth-order valence-electron chi connectivity index (χ4n) is 0.938. The first-order valence-corrected chi connectivity index (χ1v) is 5.38. The van der Waals surface area contributed by atoms with Crippen molar-refractivity contribution in [2.24, 2.45) is 15.8 Å². The van der Waals surface area contributed by atoms with Gasteiger partial charge in [0.05, 0.1) is 16.3 Å². The molecule has 0 aromatic heterocycles. The van der Waals surface area contributed by atoms with Gasteiger partial charge in [0.2, 0.25) is 5.96 Å². The molecule has 88 valence electrons. The largest absolute Gasteiger partial charge is 0.368 e. The van der Waals surface area contributed by atoms with Crippen LogP contribution in [0.4, 0.5) is 0 Å². The first-order chi connectivity index (χ1) is 8.15. The summed E-state index contributed by atoms with van der Waals surface area (Å²) in [5.74, 6) is 2.67. The van der Waals surface area contributed by atoms with Gasteiger partial charge in [-0.2, -0.15) is 10.1 Å². The minimum atomic E-state index is 0.0961. The number of guanidine groups is 1. The second kappa shape index (κ2) is 6.79. The molecule has 0 saturated heterocycles. The highest BCUT2D eigenvalue weighted by Crippen LogP contribution is 2.21. The van der Waals surface area contributed by atoms with Gasteiger partial charge in [-0.3, -0.25) is 0 Å². The molecule has 0 aliphatic rings. The average Bonchev–Trinajstić information content (AvgIpc) is 2.30. The highest BCUT2D eigenvalue weighted by Gasteiger charge is 2.01. The minimum Gasteiger partial charge on any atom is -0.368 e. The minimum absolute atomic E-state index is 0.0961. The van der Waals surface area contributed by atoms with Gasteiger partial charge in [0.1, 0.15) is 0 Å². The lowest BCUT2D eigenvalue weighted by Crippen LogP contribution is -2.26. The summed E-state index contributed by atoms with van der Waals surface area (Å²) in [4.78, 5) is 3.66. The predicted molar refractivity (Wildman–Crippen MR) is 72.3 cm³/mol. The van der Waals surface area contributed by atoms with Gasteiger partial charge in [-0.1, -0.05) is 35.2 Å². The van der Waals surface area contributed by atoms with E-state index in [0.29, 0.717) is 15.6 Å². The number of nitrogens with zero attached hydrogens (tertiary/aromatic N) is 2.